The number of hydrogen-bond donors (Lipinski definition) is 1. The van der Waals surface area contributed by atoms with Gasteiger partial charge in [0.1, 0.15) is 17.0 Å². The van der Waals surface area contributed by atoms with Gasteiger partial charge >= 0.3 is 0 Å². The number of anilines is 1. The van der Waals surface area contributed by atoms with Gasteiger partial charge in [-0.3, -0.25) is 9.78 Å². The molecule has 4 rings (SSSR count). The van der Waals surface area contributed by atoms with E-state index in [-0.39, 0.29) is 11.9 Å². The number of thiophene rings is 1. The number of pyridine rings is 1. The number of amides is 1. The molecule has 1 unspecified atom stereocenters. The fourth-order valence-corrected chi connectivity index (χ4v) is 3.81. The molecule has 0 saturated carbocycles. The van der Waals surface area contributed by atoms with Crippen LogP contribution in [0.5, 0.6) is 0 Å². The van der Waals surface area contributed by atoms with Crippen molar-refractivity contribution in [2.45, 2.75) is 18.9 Å². The third-order valence-electron chi connectivity index (χ3n) is 4.22. The van der Waals surface area contributed by atoms with Gasteiger partial charge in [-0.15, -0.1) is 11.3 Å². The smallest absolute Gasteiger partial charge is 0.253 e. The summed E-state index contributed by atoms with van der Waals surface area (Å²) in [4.78, 5) is 28.4. The quantitative estimate of drug-likeness (QED) is 0.794. The van der Waals surface area contributed by atoms with E-state index in [1.807, 2.05) is 5.38 Å². The Hall–Kier alpha value is -2.54. The molecule has 1 atom stereocenters. The summed E-state index contributed by atoms with van der Waals surface area (Å²) in [7, 11) is 0. The van der Waals surface area contributed by atoms with Gasteiger partial charge < -0.3 is 10.2 Å². The topological polar surface area (TPSA) is 71.0 Å². The van der Waals surface area contributed by atoms with Gasteiger partial charge in [-0.1, -0.05) is 0 Å². The lowest BCUT2D eigenvalue weighted by molar-refractivity contribution is 0.0933. The first-order chi connectivity index (χ1) is 11.8. The van der Waals surface area contributed by atoms with Crippen molar-refractivity contribution in [2.75, 3.05) is 18.0 Å². The van der Waals surface area contributed by atoms with Crippen LogP contribution in [0.2, 0.25) is 0 Å². The Labute approximate surface area is 143 Å². The van der Waals surface area contributed by atoms with Gasteiger partial charge in [0, 0.05) is 31.5 Å². The highest BCUT2D eigenvalue weighted by Gasteiger charge is 2.24. The fraction of sp³-hybridized carbons (Fsp3) is 0.294. The van der Waals surface area contributed by atoms with Crippen molar-refractivity contribution in [1.29, 1.82) is 0 Å². The molecule has 0 aromatic carbocycles. The minimum absolute atomic E-state index is 0.0710. The van der Waals surface area contributed by atoms with E-state index in [1.54, 1.807) is 42.2 Å². The third kappa shape index (κ3) is 2.94. The minimum atomic E-state index is -0.0710. The van der Waals surface area contributed by atoms with Crippen molar-refractivity contribution in [3.63, 3.8) is 0 Å². The summed E-state index contributed by atoms with van der Waals surface area (Å²) in [5, 5.41) is 6.24. The molecule has 3 aromatic rings. The van der Waals surface area contributed by atoms with Gasteiger partial charge in [0.15, 0.2) is 0 Å². The highest BCUT2D eigenvalue weighted by molar-refractivity contribution is 7.16. The second kappa shape index (κ2) is 6.52. The molecule has 3 aromatic heterocycles. The average Bonchev–Trinajstić information content (AvgIpc) is 3.11. The first-order valence-electron chi connectivity index (χ1n) is 7.95. The average molecular weight is 339 g/mol. The van der Waals surface area contributed by atoms with Crippen molar-refractivity contribution < 1.29 is 4.79 Å². The second-order valence-corrected chi connectivity index (χ2v) is 6.73. The molecule has 1 saturated heterocycles. The molecule has 0 aliphatic carbocycles. The Kier molecular flexibility index (Phi) is 4.08. The maximum Gasteiger partial charge on any atom is 0.253 e. The van der Waals surface area contributed by atoms with Crippen LogP contribution in [0.3, 0.4) is 0 Å². The summed E-state index contributed by atoms with van der Waals surface area (Å²) in [6, 6.07) is 5.72. The number of carbonyl (C=O) groups excluding carboxylic acids is 1. The predicted octanol–water partition coefficient (Wildman–Crippen LogP) is 2.49. The minimum Gasteiger partial charge on any atom is -0.354 e. The van der Waals surface area contributed by atoms with Gasteiger partial charge in [0.2, 0.25) is 0 Å². The summed E-state index contributed by atoms with van der Waals surface area (Å²) >= 11 is 1.62. The highest BCUT2D eigenvalue weighted by atomic mass is 32.1. The van der Waals surface area contributed by atoms with E-state index < -0.39 is 0 Å². The van der Waals surface area contributed by atoms with E-state index in [0.29, 0.717) is 5.56 Å². The van der Waals surface area contributed by atoms with E-state index in [0.717, 1.165) is 42.0 Å². The van der Waals surface area contributed by atoms with Gasteiger partial charge in [0.05, 0.1) is 10.9 Å². The van der Waals surface area contributed by atoms with Crippen LogP contribution in [-0.2, 0) is 0 Å². The van der Waals surface area contributed by atoms with E-state index in [4.69, 9.17) is 0 Å². The second-order valence-electron chi connectivity index (χ2n) is 5.84. The number of piperidine rings is 1. The Morgan fingerprint density at radius 2 is 2.29 bits per heavy atom. The summed E-state index contributed by atoms with van der Waals surface area (Å²) < 4.78 is 0. The monoisotopic (exact) mass is 339 g/mol. The summed E-state index contributed by atoms with van der Waals surface area (Å²) in [5.74, 6) is 0.889. The molecular formula is C17H17N5OS. The van der Waals surface area contributed by atoms with Crippen LogP contribution in [0.15, 0.2) is 42.3 Å². The van der Waals surface area contributed by atoms with Crippen LogP contribution in [0.4, 0.5) is 5.82 Å². The molecule has 1 fully saturated rings. The van der Waals surface area contributed by atoms with Crippen molar-refractivity contribution in [3.05, 3.63) is 47.9 Å². The summed E-state index contributed by atoms with van der Waals surface area (Å²) in [6.45, 7) is 1.70. The van der Waals surface area contributed by atoms with Gasteiger partial charge in [-0.2, -0.15) is 0 Å². The van der Waals surface area contributed by atoms with E-state index >= 15 is 0 Å². The molecule has 122 valence electrons. The number of nitrogens with one attached hydrogen (secondary N) is 1. The normalized spacial score (nSPS) is 17.8. The zero-order chi connectivity index (χ0) is 16.4. The van der Waals surface area contributed by atoms with E-state index in [1.165, 1.54) is 0 Å². The lowest BCUT2D eigenvalue weighted by Crippen LogP contribution is -2.48. The maximum atomic E-state index is 12.3. The molecule has 0 bridgehead atoms. The lowest BCUT2D eigenvalue weighted by Gasteiger charge is -2.34. The van der Waals surface area contributed by atoms with Crippen molar-refractivity contribution in [1.82, 2.24) is 20.3 Å². The number of nitrogens with zero attached hydrogens (tertiary/aromatic N) is 4. The highest BCUT2D eigenvalue weighted by Crippen LogP contribution is 2.28. The number of carbonyl (C=O) groups is 1. The van der Waals surface area contributed by atoms with Crippen LogP contribution in [0.1, 0.15) is 23.2 Å². The van der Waals surface area contributed by atoms with Crippen molar-refractivity contribution in [2.24, 2.45) is 0 Å². The summed E-state index contributed by atoms with van der Waals surface area (Å²) in [5.41, 5.74) is 0.594. The van der Waals surface area contributed by atoms with Crippen LogP contribution in [0, 0.1) is 0 Å². The molecule has 0 radical (unpaired) electrons. The first-order valence-corrected chi connectivity index (χ1v) is 8.83. The molecule has 24 heavy (non-hydrogen) atoms. The Bertz CT molecular complexity index is 850. The Balaban J connectivity index is 1.50. The van der Waals surface area contributed by atoms with Crippen LogP contribution >= 0.6 is 11.3 Å². The first kappa shape index (κ1) is 15.0. The number of hydrogen-bond acceptors (Lipinski definition) is 6. The molecule has 4 heterocycles. The van der Waals surface area contributed by atoms with Crippen molar-refractivity contribution >= 4 is 33.3 Å². The molecular weight excluding hydrogens is 322 g/mol. The van der Waals surface area contributed by atoms with Gasteiger partial charge in [-0.25, -0.2) is 9.97 Å². The lowest BCUT2D eigenvalue weighted by atomic mass is 10.0. The molecule has 6 nitrogen and oxygen atoms in total. The van der Waals surface area contributed by atoms with E-state index in [2.05, 4.69) is 31.2 Å². The van der Waals surface area contributed by atoms with Gasteiger partial charge in [-0.05, 0) is 36.4 Å². The largest absolute Gasteiger partial charge is 0.354 e. The zero-order valence-corrected chi connectivity index (χ0v) is 13.9. The third-order valence-corrected chi connectivity index (χ3v) is 5.04. The van der Waals surface area contributed by atoms with Crippen LogP contribution in [-0.4, -0.2) is 40.0 Å². The maximum absolute atomic E-state index is 12.3. The Morgan fingerprint density at radius 3 is 3.17 bits per heavy atom. The number of aromatic nitrogens is 3. The standard InChI is InChI=1S/C17H17N5OS/c23-16(12-3-1-6-18-9-12)21-13-4-2-7-22(10-13)15-14-5-8-24-17(14)20-11-19-15/h1,3,5-6,8-9,11,13H,2,4,7,10H2,(H,21,23). The molecule has 7 heteroatoms. The SMILES string of the molecule is O=C(NC1CCCN(c2ncnc3sccc23)C1)c1cccnc1. The van der Waals surface area contributed by atoms with Gasteiger partial charge in [0.25, 0.3) is 5.91 Å². The van der Waals surface area contributed by atoms with E-state index in [9.17, 15) is 4.79 Å². The molecule has 1 amide bonds. The molecule has 1 N–H and O–H groups in total. The fourth-order valence-electron chi connectivity index (χ4n) is 3.08. The number of fused-ring (bicyclic) bond motifs is 1. The van der Waals surface area contributed by atoms with Crippen LogP contribution < -0.4 is 10.2 Å². The van der Waals surface area contributed by atoms with Crippen LogP contribution in [0.25, 0.3) is 10.2 Å². The molecule has 1 aliphatic rings. The summed E-state index contributed by atoms with van der Waals surface area (Å²) in [6.07, 6.45) is 6.87. The molecule has 1 aliphatic heterocycles. The predicted molar refractivity (Wildman–Crippen MR) is 94.4 cm³/mol. The molecule has 0 spiro atoms. The Morgan fingerprint density at radius 1 is 1.33 bits per heavy atom. The van der Waals surface area contributed by atoms with Crippen molar-refractivity contribution in [3.8, 4) is 0 Å². The zero-order valence-electron chi connectivity index (χ0n) is 13.1. The number of rotatable bonds is 3.